The Morgan fingerprint density at radius 1 is 1.50 bits per heavy atom. The second kappa shape index (κ2) is 2.46. The molecule has 1 fully saturated rings. The zero-order valence-corrected chi connectivity index (χ0v) is 6.23. The maximum Gasteiger partial charge on any atom is 0.273 e. The van der Waals surface area contributed by atoms with Crippen molar-refractivity contribution in [2.24, 2.45) is 0 Å². The fourth-order valence-electron chi connectivity index (χ4n) is 0.977. The zero-order chi connectivity index (χ0) is 7.78. The van der Waals surface area contributed by atoms with Crippen molar-refractivity contribution < 1.29 is 13.5 Å². The van der Waals surface area contributed by atoms with Crippen molar-refractivity contribution in [3.05, 3.63) is 0 Å². The third kappa shape index (κ3) is 1.45. The summed E-state index contributed by atoms with van der Waals surface area (Å²) in [7, 11) is 0. The van der Waals surface area contributed by atoms with E-state index in [0.29, 0.717) is 6.42 Å². The Kier molecular flexibility index (Phi) is 1.95. The number of hydrogen-bond acceptors (Lipinski definition) is 1. The molecular formula is C7H12F2O. The molecule has 0 N–H and O–H groups in total. The molecule has 1 aliphatic carbocycles. The maximum absolute atomic E-state index is 12.4. The van der Waals surface area contributed by atoms with E-state index >= 15 is 0 Å². The summed E-state index contributed by atoms with van der Waals surface area (Å²) in [4.78, 5) is 0. The molecule has 0 amide bonds. The van der Waals surface area contributed by atoms with Crippen LogP contribution in [-0.4, -0.2) is 18.1 Å². The van der Waals surface area contributed by atoms with E-state index in [1.165, 1.54) is 0 Å². The first kappa shape index (κ1) is 7.92. The predicted octanol–water partition coefficient (Wildman–Crippen LogP) is 2.21. The van der Waals surface area contributed by atoms with Crippen molar-refractivity contribution in [3.63, 3.8) is 0 Å². The van der Waals surface area contributed by atoms with Crippen LogP contribution in [0.5, 0.6) is 0 Å². The van der Waals surface area contributed by atoms with Crippen LogP contribution in [0.25, 0.3) is 0 Å². The first-order valence-electron chi connectivity index (χ1n) is 3.55. The van der Waals surface area contributed by atoms with Crippen molar-refractivity contribution in [3.8, 4) is 0 Å². The van der Waals surface area contributed by atoms with Crippen LogP contribution in [0.1, 0.15) is 26.7 Å². The molecule has 0 aromatic carbocycles. The van der Waals surface area contributed by atoms with E-state index in [0.717, 1.165) is 0 Å². The fraction of sp³-hybridized carbons (Fsp3) is 1.00. The minimum absolute atomic E-state index is 0.00954. The molecule has 0 aliphatic heterocycles. The first-order valence-corrected chi connectivity index (χ1v) is 3.55. The Hall–Kier alpha value is -0.180. The summed E-state index contributed by atoms with van der Waals surface area (Å²) in [5.41, 5.74) is 0. The molecule has 3 heteroatoms. The third-order valence-corrected chi connectivity index (χ3v) is 1.65. The molecule has 10 heavy (non-hydrogen) atoms. The van der Waals surface area contributed by atoms with E-state index in [2.05, 4.69) is 0 Å². The molecule has 0 heterocycles. The normalized spacial score (nSPS) is 30.3. The fourth-order valence-corrected chi connectivity index (χ4v) is 0.977. The monoisotopic (exact) mass is 150 g/mol. The van der Waals surface area contributed by atoms with Crippen LogP contribution < -0.4 is 0 Å². The van der Waals surface area contributed by atoms with Crippen LogP contribution >= 0.6 is 0 Å². The number of alkyl halides is 2. The van der Waals surface area contributed by atoms with Gasteiger partial charge in [0.05, 0.1) is 6.10 Å². The molecule has 0 bridgehead atoms. The minimum atomic E-state index is -2.55. The van der Waals surface area contributed by atoms with Gasteiger partial charge >= 0.3 is 0 Å². The summed E-state index contributed by atoms with van der Waals surface area (Å²) in [6.07, 6.45) is -0.404. The van der Waals surface area contributed by atoms with Gasteiger partial charge in [0.1, 0.15) is 6.10 Å². The van der Waals surface area contributed by atoms with Crippen molar-refractivity contribution in [1.29, 1.82) is 0 Å². The number of hydrogen-bond donors (Lipinski definition) is 0. The van der Waals surface area contributed by atoms with E-state index < -0.39 is 12.0 Å². The highest BCUT2D eigenvalue weighted by molar-refractivity contribution is 4.89. The molecule has 1 aliphatic rings. The molecule has 1 rings (SSSR count). The van der Waals surface area contributed by atoms with E-state index in [9.17, 15) is 8.78 Å². The summed E-state index contributed by atoms with van der Waals surface area (Å²) in [6.45, 7) is 3.54. The lowest BCUT2D eigenvalue weighted by Gasteiger charge is -2.36. The minimum Gasteiger partial charge on any atom is -0.369 e. The smallest absolute Gasteiger partial charge is 0.273 e. The van der Waals surface area contributed by atoms with Crippen molar-refractivity contribution in [2.45, 2.75) is 44.8 Å². The van der Waals surface area contributed by atoms with Crippen LogP contribution in [0.15, 0.2) is 0 Å². The lowest BCUT2D eigenvalue weighted by molar-refractivity contribution is -0.211. The van der Waals surface area contributed by atoms with Gasteiger partial charge in [-0.15, -0.1) is 0 Å². The van der Waals surface area contributed by atoms with Gasteiger partial charge in [0.2, 0.25) is 0 Å². The molecule has 0 aromatic heterocycles. The van der Waals surface area contributed by atoms with E-state index in [-0.39, 0.29) is 12.5 Å². The Morgan fingerprint density at radius 3 is 2.20 bits per heavy atom. The van der Waals surface area contributed by atoms with Gasteiger partial charge < -0.3 is 4.74 Å². The lowest BCUT2D eigenvalue weighted by atomic mass is 9.90. The van der Waals surface area contributed by atoms with Gasteiger partial charge in [0.25, 0.3) is 5.92 Å². The van der Waals surface area contributed by atoms with Gasteiger partial charge in [-0.1, -0.05) is 0 Å². The van der Waals surface area contributed by atoms with Crippen LogP contribution in [0.3, 0.4) is 0 Å². The molecule has 60 valence electrons. The van der Waals surface area contributed by atoms with Crippen molar-refractivity contribution in [2.75, 3.05) is 0 Å². The van der Waals surface area contributed by atoms with Gasteiger partial charge in [-0.25, -0.2) is 8.78 Å². The Balaban J connectivity index is 2.30. The predicted molar refractivity (Wildman–Crippen MR) is 34.2 cm³/mol. The topological polar surface area (TPSA) is 9.23 Å². The average Bonchev–Trinajstić information content (AvgIpc) is 1.81. The summed E-state index contributed by atoms with van der Waals surface area (Å²) in [5, 5.41) is 0. The van der Waals surface area contributed by atoms with E-state index in [1.807, 2.05) is 0 Å². The quantitative estimate of drug-likeness (QED) is 0.586. The number of halogens is 2. The summed E-state index contributed by atoms with van der Waals surface area (Å²) in [6, 6.07) is 0. The molecule has 1 unspecified atom stereocenters. The maximum atomic E-state index is 12.4. The molecule has 0 spiro atoms. The highest BCUT2D eigenvalue weighted by Gasteiger charge is 2.49. The largest absolute Gasteiger partial charge is 0.369 e. The van der Waals surface area contributed by atoms with Crippen molar-refractivity contribution >= 4 is 0 Å². The number of rotatable bonds is 2. The molecule has 1 saturated carbocycles. The highest BCUT2D eigenvalue weighted by atomic mass is 19.3. The van der Waals surface area contributed by atoms with Gasteiger partial charge in [0, 0.05) is 6.42 Å². The van der Waals surface area contributed by atoms with Crippen LogP contribution in [-0.2, 0) is 4.74 Å². The molecule has 1 nitrogen and oxygen atoms in total. The summed E-state index contributed by atoms with van der Waals surface area (Å²) < 4.78 is 29.8. The Labute approximate surface area is 59.4 Å². The molecule has 0 saturated heterocycles. The van der Waals surface area contributed by atoms with Crippen LogP contribution in [0.4, 0.5) is 8.78 Å². The lowest BCUT2D eigenvalue weighted by Crippen LogP contribution is -2.46. The first-order chi connectivity index (χ1) is 4.52. The van der Waals surface area contributed by atoms with Crippen molar-refractivity contribution in [1.82, 2.24) is 0 Å². The SMILES string of the molecule is CC(C)OC1CCC1(F)F. The average molecular weight is 150 g/mol. The molecule has 0 aromatic rings. The van der Waals surface area contributed by atoms with Gasteiger partial charge in [0.15, 0.2) is 0 Å². The Bertz CT molecular complexity index is 123. The third-order valence-electron chi connectivity index (χ3n) is 1.65. The number of ether oxygens (including phenoxy) is 1. The summed E-state index contributed by atoms with van der Waals surface area (Å²) >= 11 is 0. The van der Waals surface area contributed by atoms with E-state index in [4.69, 9.17) is 4.74 Å². The van der Waals surface area contributed by atoms with E-state index in [1.54, 1.807) is 13.8 Å². The molecule has 0 radical (unpaired) electrons. The van der Waals surface area contributed by atoms with Gasteiger partial charge in [-0.05, 0) is 20.3 Å². The Morgan fingerprint density at radius 2 is 2.10 bits per heavy atom. The van der Waals surface area contributed by atoms with Gasteiger partial charge in [-0.3, -0.25) is 0 Å². The summed E-state index contributed by atoms with van der Waals surface area (Å²) in [5.74, 6) is -2.55. The second-order valence-corrected chi connectivity index (χ2v) is 2.97. The zero-order valence-electron chi connectivity index (χ0n) is 6.23. The molecule has 1 atom stereocenters. The standard InChI is InChI=1S/C7H12F2O/c1-5(2)10-6-3-4-7(6,8)9/h5-6H,3-4H2,1-2H3. The van der Waals surface area contributed by atoms with Gasteiger partial charge in [-0.2, -0.15) is 0 Å². The highest BCUT2D eigenvalue weighted by Crippen LogP contribution is 2.40. The van der Waals surface area contributed by atoms with Crippen LogP contribution in [0.2, 0.25) is 0 Å². The second-order valence-electron chi connectivity index (χ2n) is 2.97. The van der Waals surface area contributed by atoms with Crippen LogP contribution in [0, 0.1) is 0 Å². The molecular weight excluding hydrogens is 138 g/mol.